The minimum Gasteiger partial charge on any atom is -0.463 e. The van der Waals surface area contributed by atoms with E-state index in [-0.39, 0.29) is 5.91 Å². The number of anilines is 1. The zero-order valence-electron chi connectivity index (χ0n) is 13.5. The average Bonchev–Trinajstić information content (AvgIpc) is 3.16. The van der Waals surface area contributed by atoms with Crippen molar-refractivity contribution in [2.24, 2.45) is 5.10 Å². The summed E-state index contributed by atoms with van der Waals surface area (Å²) in [5.41, 5.74) is 3.60. The smallest absolute Gasteiger partial charge is 0.271 e. The molecule has 0 aliphatic rings. The Balaban J connectivity index is 1.58. The van der Waals surface area contributed by atoms with Crippen LogP contribution in [-0.2, 0) is 0 Å². The van der Waals surface area contributed by atoms with Crippen molar-refractivity contribution in [3.8, 4) is 0 Å². The monoisotopic (exact) mass is 351 g/mol. The molecule has 0 saturated heterocycles. The lowest BCUT2D eigenvalue weighted by atomic mass is 10.1. The Morgan fingerprint density at radius 1 is 0.923 bits per heavy atom. The fourth-order valence-corrected chi connectivity index (χ4v) is 2.09. The second-order valence-electron chi connectivity index (χ2n) is 5.25. The quantitative estimate of drug-likeness (QED) is 0.546. The predicted molar refractivity (Wildman–Crippen MR) is 94.6 cm³/mol. The molecule has 2 amide bonds. The first-order chi connectivity index (χ1) is 12.6. The van der Waals surface area contributed by atoms with Gasteiger partial charge >= 0.3 is 0 Å². The molecule has 0 aliphatic carbocycles. The van der Waals surface area contributed by atoms with Gasteiger partial charge in [-0.15, -0.1) is 0 Å². The minimum atomic E-state index is -0.411. The number of hydrogen-bond acceptors (Lipinski definition) is 4. The maximum Gasteiger partial charge on any atom is 0.271 e. The summed E-state index contributed by atoms with van der Waals surface area (Å²) < 4.78 is 17.9. The van der Waals surface area contributed by atoms with Crippen LogP contribution in [0.1, 0.15) is 26.5 Å². The van der Waals surface area contributed by atoms with E-state index < -0.39 is 11.7 Å². The van der Waals surface area contributed by atoms with E-state index >= 15 is 0 Å². The summed E-state index contributed by atoms with van der Waals surface area (Å²) in [5, 5.41) is 6.46. The third-order valence-electron chi connectivity index (χ3n) is 3.41. The van der Waals surface area contributed by atoms with E-state index in [0.717, 1.165) is 0 Å². The molecular formula is C19H14FN3O3. The van der Waals surface area contributed by atoms with E-state index in [1.807, 2.05) is 0 Å². The van der Waals surface area contributed by atoms with E-state index in [4.69, 9.17) is 4.42 Å². The molecule has 0 spiro atoms. The predicted octanol–water partition coefficient (Wildman–Crippen LogP) is 3.43. The van der Waals surface area contributed by atoms with Crippen molar-refractivity contribution in [2.45, 2.75) is 0 Å². The minimum absolute atomic E-state index is 0.334. The van der Waals surface area contributed by atoms with Gasteiger partial charge in [-0.25, -0.2) is 9.82 Å². The van der Waals surface area contributed by atoms with Crippen LogP contribution in [0.4, 0.5) is 10.1 Å². The first-order valence-electron chi connectivity index (χ1n) is 7.66. The van der Waals surface area contributed by atoms with Gasteiger partial charge in [-0.3, -0.25) is 9.59 Å². The number of rotatable bonds is 5. The number of halogens is 1. The lowest BCUT2D eigenvalue weighted by Gasteiger charge is -2.06. The SMILES string of the molecule is O=C(N/N=C/c1ccco1)c1ccc(NC(=O)c2ccc(F)cc2)cc1. The standard InChI is InChI=1S/C19H14FN3O3/c20-15-7-3-13(4-8-15)18(24)22-16-9-5-14(6-10-16)19(25)23-21-12-17-2-1-11-26-17/h1-12H,(H,22,24)(H,23,25)/b21-12+. The molecule has 0 radical (unpaired) electrons. The topological polar surface area (TPSA) is 83.7 Å². The van der Waals surface area contributed by atoms with Gasteiger partial charge in [0.1, 0.15) is 11.6 Å². The second-order valence-corrected chi connectivity index (χ2v) is 5.25. The summed E-state index contributed by atoms with van der Waals surface area (Å²) in [4.78, 5) is 24.0. The second kappa shape index (κ2) is 7.89. The number of carbonyl (C=O) groups excluding carboxylic acids is 2. The number of furan rings is 1. The van der Waals surface area contributed by atoms with Crippen molar-refractivity contribution in [2.75, 3.05) is 5.32 Å². The molecule has 3 rings (SSSR count). The summed E-state index contributed by atoms with van der Waals surface area (Å²) >= 11 is 0. The van der Waals surface area contributed by atoms with Crippen LogP contribution in [0.15, 0.2) is 76.4 Å². The van der Waals surface area contributed by atoms with Crippen LogP contribution in [-0.4, -0.2) is 18.0 Å². The lowest BCUT2D eigenvalue weighted by molar-refractivity contribution is 0.0954. The van der Waals surface area contributed by atoms with Gasteiger partial charge in [0.25, 0.3) is 11.8 Å². The molecule has 1 heterocycles. The number of nitrogens with one attached hydrogen (secondary N) is 2. The number of nitrogens with zero attached hydrogens (tertiary/aromatic N) is 1. The van der Waals surface area contributed by atoms with Gasteiger partial charge < -0.3 is 9.73 Å². The van der Waals surface area contributed by atoms with Crippen molar-refractivity contribution < 1.29 is 18.4 Å². The fourth-order valence-electron chi connectivity index (χ4n) is 2.09. The van der Waals surface area contributed by atoms with Gasteiger partial charge in [0.2, 0.25) is 0 Å². The van der Waals surface area contributed by atoms with Gasteiger partial charge in [-0.1, -0.05) is 0 Å². The van der Waals surface area contributed by atoms with Crippen LogP contribution in [0.3, 0.4) is 0 Å². The average molecular weight is 351 g/mol. The van der Waals surface area contributed by atoms with Crippen molar-refractivity contribution in [3.05, 3.63) is 89.6 Å². The van der Waals surface area contributed by atoms with Gasteiger partial charge in [0.05, 0.1) is 12.5 Å². The fraction of sp³-hybridized carbons (Fsp3) is 0. The number of hydrazone groups is 1. The molecular weight excluding hydrogens is 337 g/mol. The van der Waals surface area contributed by atoms with Gasteiger partial charge in [0.15, 0.2) is 0 Å². The molecule has 0 saturated carbocycles. The molecule has 0 fully saturated rings. The summed E-state index contributed by atoms with van der Waals surface area (Å²) in [6, 6.07) is 14.9. The molecule has 0 unspecified atom stereocenters. The van der Waals surface area contributed by atoms with Crippen LogP contribution in [0.5, 0.6) is 0 Å². The molecule has 0 atom stereocenters. The van der Waals surface area contributed by atoms with E-state index in [9.17, 15) is 14.0 Å². The maximum absolute atomic E-state index is 12.9. The molecule has 0 bridgehead atoms. The highest BCUT2D eigenvalue weighted by Crippen LogP contribution is 2.12. The van der Waals surface area contributed by atoms with Crippen LogP contribution >= 0.6 is 0 Å². The van der Waals surface area contributed by atoms with Crippen LogP contribution in [0.25, 0.3) is 0 Å². The third-order valence-corrected chi connectivity index (χ3v) is 3.41. The number of benzene rings is 2. The molecule has 0 aliphatic heterocycles. The van der Waals surface area contributed by atoms with Gasteiger partial charge in [-0.05, 0) is 60.7 Å². The van der Waals surface area contributed by atoms with Crippen molar-refractivity contribution in [3.63, 3.8) is 0 Å². The summed E-state index contributed by atoms with van der Waals surface area (Å²) in [6.45, 7) is 0. The molecule has 2 N–H and O–H groups in total. The zero-order chi connectivity index (χ0) is 18.4. The summed E-state index contributed by atoms with van der Waals surface area (Å²) in [7, 11) is 0. The van der Waals surface area contributed by atoms with Crippen LogP contribution in [0.2, 0.25) is 0 Å². The Kier molecular flexibility index (Phi) is 5.19. The van der Waals surface area contributed by atoms with E-state index in [0.29, 0.717) is 22.6 Å². The number of amides is 2. The molecule has 3 aromatic rings. The molecule has 26 heavy (non-hydrogen) atoms. The van der Waals surface area contributed by atoms with Crippen molar-refractivity contribution >= 4 is 23.7 Å². The Hall–Kier alpha value is -3.74. The summed E-state index contributed by atoms with van der Waals surface area (Å²) in [5.74, 6) is -0.662. The van der Waals surface area contributed by atoms with E-state index in [1.165, 1.54) is 36.7 Å². The van der Waals surface area contributed by atoms with Crippen molar-refractivity contribution in [1.82, 2.24) is 5.43 Å². The highest BCUT2D eigenvalue weighted by Gasteiger charge is 2.08. The Bertz CT molecular complexity index is 918. The first kappa shape index (κ1) is 17.1. The largest absolute Gasteiger partial charge is 0.463 e. The molecule has 6 nitrogen and oxygen atoms in total. The highest BCUT2D eigenvalue weighted by molar-refractivity contribution is 6.04. The number of hydrogen-bond donors (Lipinski definition) is 2. The number of carbonyl (C=O) groups is 2. The van der Waals surface area contributed by atoms with Crippen LogP contribution in [0, 0.1) is 5.82 Å². The Morgan fingerprint density at radius 3 is 2.23 bits per heavy atom. The molecule has 7 heteroatoms. The first-order valence-corrected chi connectivity index (χ1v) is 7.66. The lowest BCUT2D eigenvalue weighted by Crippen LogP contribution is -2.17. The van der Waals surface area contributed by atoms with E-state index in [1.54, 1.807) is 36.4 Å². The van der Waals surface area contributed by atoms with Crippen LogP contribution < -0.4 is 10.7 Å². The molecule has 2 aromatic carbocycles. The summed E-state index contributed by atoms with van der Waals surface area (Å²) in [6.07, 6.45) is 2.89. The normalized spacial score (nSPS) is 10.7. The maximum atomic E-state index is 12.9. The van der Waals surface area contributed by atoms with Gasteiger partial charge in [-0.2, -0.15) is 5.10 Å². The van der Waals surface area contributed by atoms with Crippen molar-refractivity contribution in [1.29, 1.82) is 0 Å². The van der Waals surface area contributed by atoms with E-state index in [2.05, 4.69) is 15.8 Å². The molecule has 1 aromatic heterocycles. The zero-order valence-corrected chi connectivity index (χ0v) is 13.5. The molecule has 130 valence electrons. The third kappa shape index (κ3) is 4.41. The van der Waals surface area contributed by atoms with Gasteiger partial charge in [0, 0.05) is 16.8 Å². The Labute approximate surface area is 148 Å². The highest BCUT2D eigenvalue weighted by atomic mass is 19.1. The Morgan fingerprint density at radius 2 is 1.58 bits per heavy atom.